The number of rotatable bonds is 8. The van der Waals surface area contributed by atoms with Gasteiger partial charge in [-0.05, 0) is 67.0 Å². The molecule has 0 aliphatic heterocycles. The molecule has 0 unspecified atom stereocenters. The Morgan fingerprint density at radius 3 is 2.56 bits per heavy atom. The third-order valence-corrected chi connectivity index (χ3v) is 6.65. The summed E-state index contributed by atoms with van der Waals surface area (Å²) in [5.74, 6) is 1.50. The van der Waals surface area contributed by atoms with Crippen molar-refractivity contribution >= 4 is 17.2 Å². The summed E-state index contributed by atoms with van der Waals surface area (Å²) >= 11 is 1.46. The summed E-state index contributed by atoms with van der Waals surface area (Å²) in [4.78, 5) is 20.1. The molecule has 2 aromatic heterocycles. The summed E-state index contributed by atoms with van der Waals surface area (Å²) < 4.78 is 12.0. The van der Waals surface area contributed by atoms with E-state index in [2.05, 4.69) is 4.98 Å². The zero-order valence-electron chi connectivity index (χ0n) is 18.5. The van der Waals surface area contributed by atoms with E-state index in [0.29, 0.717) is 18.8 Å². The molecule has 0 spiro atoms. The Morgan fingerprint density at radius 1 is 1.03 bits per heavy atom. The van der Waals surface area contributed by atoms with Gasteiger partial charge in [-0.15, -0.1) is 11.3 Å². The molecule has 1 amide bonds. The van der Waals surface area contributed by atoms with Gasteiger partial charge in [-0.25, -0.2) is 0 Å². The van der Waals surface area contributed by atoms with Crippen LogP contribution in [0.5, 0.6) is 11.5 Å². The quantitative estimate of drug-likeness (QED) is 0.389. The second-order valence-corrected chi connectivity index (χ2v) is 9.12. The first-order valence-corrected chi connectivity index (χ1v) is 12.2. The van der Waals surface area contributed by atoms with Gasteiger partial charge in [0.05, 0.1) is 30.3 Å². The lowest BCUT2D eigenvalue weighted by molar-refractivity contribution is 0.0732. The smallest absolute Gasteiger partial charge is 0.264 e. The summed E-state index contributed by atoms with van der Waals surface area (Å²) in [6.07, 6.45) is 9.22. The van der Waals surface area contributed by atoms with Crippen LogP contribution in [-0.2, 0) is 13.1 Å². The minimum Gasteiger partial charge on any atom is -0.493 e. The van der Waals surface area contributed by atoms with Crippen molar-refractivity contribution in [2.75, 3.05) is 7.11 Å². The Morgan fingerprint density at radius 2 is 1.88 bits per heavy atom. The lowest BCUT2D eigenvalue weighted by atomic mass is 10.1. The zero-order chi connectivity index (χ0) is 22.2. The number of hydrogen-bond donors (Lipinski definition) is 0. The van der Waals surface area contributed by atoms with E-state index in [-0.39, 0.29) is 12.0 Å². The first-order chi connectivity index (χ1) is 15.7. The van der Waals surface area contributed by atoms with Gasteiger partial charge in [-0.1, -0.05) is 31.0 Å². The Hall–Kier alpha value is -2.86. The molecule has 0 bridgehead atoms. The fourth-order valence-electron chi connectivity index (χ4n) is 4.11. The van der Waals surface area contributed by atoms with Crippen LogP contribution in [0.2, 0.25) is 0 Å². The molecule has 32 heavy (non-hydrogen) atoms. The maximum absolute atomic E-state index is 13.2. The second kappa shape index (κ2) is 11.1. The fraction of sp³-hybridized carbons (Fsp3) is 0.385. The highest BCUT2D eigenvalue weighted by molar-refractivity contribution is 7.12. The normalized spacial score (nSPS) is 14.5. The molecule has 0 saturated heterocycles. The number of ether oxygens (including phenoxy) is 2. The molecule has 4 rings (SSSR count). The molecule has 3 aromatic rings. The van der Waals surface area contributed by atoms with E-state index in [0.717, 1.165) is 34.7 Å². The molecule has 6 heteroatoms. The molecule has 1 aliphatic rings. The maximum Gasteiger partial charge on any atom is 0.264 e. The van der Waals surface area contributed by atoms with Crippen LogP contribution in [0, 0.1) is 0 Å². The second-order valence-electron chi connectivity index (χ2n) is 8.18. The highest BCUT2D eigenvalue weighted by atomic mass is 32.1. The number of amides is 1. The number of thiophene rings is 1. The largest absolute Gasteiger partial charge is 0.493 e. The van der Waals surface area contributed by atoms with Crippen LogP contribution < -0.4 is 9.47 Å². The number of pyridine rings is 1. The van der Waals surface area contributed by atoms with E-state index in [4.69, 9.17) is 9.47 Å². The number of nitrogens with zero attached hydrogens (tertiary/aromatic N) is 2. The summed E-state index contributed by atoms with van der Waals surface area (Å²) in [5, 5.41) is 1.93. The van der Waals surface area contributed by atoms with Crippen molar-refractivity contribution in [3.63, 3.8) is 0 Å². The monoisotopic (exact) mass is 450 g/mol. The Bertz CT molecular complexity index is 984. The molecule has 5 nitrogen and oxygen atoms in total. The average Bonchev–Trinajstić information content (AvgIpc) is 3.25. The van der Waals surface area contributed by atoms with Gasteiger partial charge >= 0.3 is 0 Å². The number of aromatic nitrogens is 1. The third-order valence-electron chi connectivity index (χ3n) is 5.80. The van der Waals surface area contributed by atoms with Crippen molar-refractivity contribution in [1.82, 2.24) is 9.88 Å². The SMILES string of the molecule is COc1cc(CN(Cc2ccccn2)C(=O)c2cccs2)ccc1OC1CCCCCC1. The van der Waals surface area contributed by atoms with Gasteiger partial charge in [-0.2, -0.15) is 0 Å². The van der Waals surface area contributed by atoms with E-state index < -0.39 is 0 Å². The van der Waals surface area contributed by atoms with Gasteiger partial charge in [0.1, 0.15) is 0 Å². The van der Waals surface area contributed by atoms with Crippen LogP contribution in [0.4, 0.5) is 0 Å². The fourth-order valence-corrected chi connectivity index (χ4v) is 4.80. The number of benzene rings is 1. The van der Waals surface area contributed by atoms with Crippen molar-refractivity contribution in [2.45, 2.75) is 57.7 Å². The van der Waals surface area contributed by atoms with Crippen molar-refractivity contribution in [3.8, 4) is 11.5 Å². The van der Waals surface area contributed by atoms with E-state index >= 15 is 0 Å². The Balaban J connectivity index is 1.52. The van der Waals surface area contributed by atoms with Crippen LogP contribution in [0.25, 0.3) is 0 Å². The van der Waals surface area contributed by atoms with Crippen molar-refractivity contribution < 1.29 is 14.3 Å². The van der Waals surface area contributed by atoms with Crippen LogP contribution >= 0.6 is 11.3 Å². The number of methoxy groups -OCH3 is 1. The molecule has 168 valence electrons. The molecule has 1 saturated carbocycles. The van der Waals surface area contributed by atoms with E-state index in [9.17, 15) is 4.79 Å². The summed E-state index contributed by atoms with van der Waals surface area (Å²) in [5.41, 5.74) is 1.86. The van der Waals surface area contributed by atoms with E-state index in [1.807, 2.05) is 58.8 Å². The predicted molar refractivity (Wildman–Crippen MR) is 127 cm³/mol. The van der Waals surface area contributed by atoms with Crippen LogP contribution in [0.3, 0.4) is 0 Å². The first-order valence-electron chi connectivity index (χ1n) is 11.3. The van der Waals surface area contributed by atoms with Crippen molar-refractivity contribution in [2.24, 2.45) is 0 Å². The zero-order valence-corrected chi connectivity index (χ0v) is 19.4. The molecule has 2 heterocycles. The van der Waals surface area contributed by atoms with Crippen LogP contribution in [-0.4, -0.2) is 29.0 Å². The van der Waals surface area contributed by atoms with E-state index in [1.54, 1.807) is 13.3 Å². The van der Waals surface area contributed by atoms with Crippen molar-refractivity contribution in [1.29, 1.82) is 0 Å². The van der Waals surface area contributed by atoms with Gasteiger partial charge in [0.15, 0.2) is 11.5 Å². The highest BCUT2D eigenvalue weighted by Crippen LogP contribution is 2.32. The molecular weight excluding hydrogens is 420 g/mol. The highest BCUT2D eigenvalue weighted by Gasteiger charge is 2.20. The predicted octanol–water partition coefficient (Wildman–Crippen LogP) is 6.10. The van der Waals surface area contributed by atoms with Gasteiger partial charge in [0.2, 0.25) is 0 Å². The molecule has 0 atom stereocenters. The molecule has 0 N–H and O–H groups in total. The van der Waals surface area contributed by atoms with Gasteiger partial charge in [0.25, 0.3) is 5.91 Å². The number of carbonyl (C=O) groups is 1. The minimum atomic E-state index is 0.00315. The number of hydrogen-bond acceptors (Lipinski definition) is 5. The first kappa shape index (κ1) is 22.3. The Kier molecular flexibility index (Phi) is 7.77. The molecule has 0 radical (unpaired) electrons. The average molecular weight is 451 g/mol. The summed E-state index contributed by atoms with van der Waals surface area (Å²) in [7, 11) is 1.67. The molecule has 1 fully saturated rings. The lowest BCUT2D eigenvalue weighted by Crippen LogP contribution is -2.30. The van der Waals surface area contributed by atoms with Crippen molar-refractivity contribution in [3.05, 3.63) is 76.2 Å². The van der Waals surface area contributed by atoms with Gasteiger partial charge in [-0.3, -0.25) is 9.78 Å². The standard InChI is InChI=1S/C26H30N2O3S/c1-30-24-17-20(13-14-23(24)31-22-10-4-2-3-5-11-22)18-28(19-21-9-6-7-15-27-21)26(29)25-12-8-16-32-25/h6-9,12-17,22H,2-5,10-11,18-19H2,1H3. The minimum absolute atomic E-state index is 0.00315. The maximum atomic E-state index is 13.2. The summed E-state index contributed by atoms with van der Waals surface area (Å²) in [6.45, 7) is 0.910. The topological polar surface area (TPSA) is 51.7 Å². The third kappa shape index (κ3) is 5.88. The summed E-state index contributed by atoms with van der Waals surface area (Å²) in [6, 6.07) is 15.5. The lowest BCUT2D eigenvalue weighted by Gasteiger charge is -2.23. The van der Waals surface area contributed by atoms with Crippen LogP contribution in [0.1, 0.15) is 59.5 Å². The van der Waals surface area contributed by atoms with Gasteiger partial charge < -0.3 is 14.4 Å². The van der Waals surface area contributed by atoms with Gasteiger partial charge in [0, 0.05) is 12.7 Å². The number of carbonyl (C=O) groups excluding carboxylic acids is 1. The Labute approximate surface area is 194 Å². The molecular formula is C26H30N2O3S. The van der Waals surface area contributed by atoms with Crippen LogP contribution in [0.15, 0.2) is 60.1 Å². The van der Waals surface area contributed by atoms with E-state index in [1.165, 1.54) is 37.0 Å². The molecule has 1 aromatic carbocycles. The molecule has 1 aliphatic carbocycles.